The summed E-state index contributed by atoms with van der Waals surface area (Å²) in [6.07, 6.45) is 0.884. The molecule has 33 heavy (non-hydrogen) atoms. The third-order valence-electron chi connectivity index (χ3n) is 5.98. The first-order valence-corrected chi connectivity index (χ1v) is 11.0. The first kappa shape index (κ1) is 22.7. The molecule has 0 aliphatic carbocycles. The lowest BCUT2D eigenvalue weighted by Gasteiger charge is -2.34. The van der Waals surface area contributed by atoms with Gasteiger partial charge >= 0.3 is 12.0 Å². The van der Waals surface area contributed by atoms with E-state index in [0.717, 1.165) is 24.3 Å². The average Bonchev–Trinajstić information content (AvgIpc) is 2.83. The van der Waals surface area contributed by atoms with E-state index < -0.39 is 12.0 Å². The Kier molecular flexibility index (Phi) is 6.84. The molecule has 0 fully saturated rings. The number of hydrogen-bond acceptors (Lipinski definition) is 6. The van der Waals surface area contributed by atoms with Gasteiger partial charge in [-0.3, -0.25) is 4.90 Å². The zero-order chi connectivity index (χ0) is 23.4. The van der Waals surface area contributed by atoms with E-state index in [2.05, 4.69) is 21.6 Å². The molecule has 2 N–H and O–H groups in total. The second kappa shape index (κ2) is 9.95. The number of urea groups is 1. The number of ether oxygens (including phenoxy) is 3. The molecule has 8 heteroatoms. The van der Waals surface area contributed by atoms with Crippen LogP contribution in [0.5, 0.6) is 11.5 Å². The number of amides is 2. The Morgan fingerprint density at radius 1 is 1.06 bits per heavy atom. The van der Waals surface area contributed by atoms with Gasteiger partial charge in [-0.2, -0.15) is 0 Å². The van der Waals surface area contributed by atoms with Crippen molar-refractivity contribution in [2.45, 2.75) is 25.9 Å². The summed E-state index contributed by atoms with van der Waals surface area (Å²) in [5, 5.41) is 5.73. The number of carbonyl (C=O) groups is 2. The average molecular weight is 452 g/mol. The molecule has 0 saturated heterocycles. The van der Waals surface area contributed by atoms with Crippen LogP contribution in [0.1, 0.15) is 29.7 Å². The molecule has 0 radical (unpaired) electrons. The maximum absolute atomic E-state index is 13.0. The van der Waals surface area contributed by atoms with Gasteiger partial charge in [0.05, 0.1) is 32.4 Å². The molecule has 0 spiro atoms. The molecule has 2 heterocycles. The highest BCUT2D eigenvalue weighted by Crippen LogP contribution is 2.30. The molecule has 2 aliphatic rings. The standard InChI is InChI=1S/C25H29N3O5/c1-4-33-24(29)22-21(15-28-12-11-16-5-10-20(32-3)13-18(16)14-28)26-25(30)27-23(22)17-6-8-19(31-2)9-7-17/h5-10,13,23H,4,11-12,14-15H2,1-3H3,(H2,26,27,30). The summed E-state index contributed by atoms with van der Waals surface area (Å²) in [7, 11) is 3.25. The summed E-state index contributed by atoms with van der Waals surface area (Å²) >= 11 is 0. The van der Waals surface area contributed by atoms with Gasteiger partial charge in [-0.15, -0.1) is 0 Å². The predicted molar refractivity (Wildman–Crippen MR) is 123 cm³/mol. The van der Waals surface area contributed by atoms with Crippen LogP contribution in [0, 0.1) is 0 Å². The minimum Gasteiger partial charge on any atom is -0.497 e. The largest absolute Gasteiger partial charge is 0.497 e. The molecular formula is C25H29N3O5. The van der Waals surface area contributed by atoms with Crippen molar-refractivity contribution in [1.29, 1.82) is 0 Å². The topological polar surface area (TPSA) is 89.1 Å². The van der Waals surface area contributed by atoms with E-state index in [1.54, 1.807) is 33.3 Å². The highest BCUT2D eigenvalue weighted by Gasteiger charge is 2.34. The fraction of sp³-hybridized carbons (Fsp3) is 0.360. The number of benzene rings is 2. The van der Waals surface area contributed by atoms with Gasteiger partial charge in [-0.25, -0.2) is 9.59 Å². The molecular weight excluding hydrogens is 422 g/mol. The van der Waals surface area contributed by atoms with Gasteiger partial charge in [0.25, 0.3) is 0 Å². The smallest absolute Gasteiger partial charge is 0.338 e. The number of esters is 1. The zero-order valence-corrected chi connectivity index (χ0v) is 19.1. The van der Waals surface area contributed by atoms with Crippen LogP contribution in [-0.2, 0) is 22.5 Å². The molecule has 1 atom stereocenters. The van der Waals surface area contributed by atoms with Crippen LogP contribution >= 0.6 is 0 Å². The van der Waals surface area contributed by atoms with Crippen LogP contribution in [0.4, 0.5) is 4.79 Å². The normalized spacial score (nSPS) is 18.2. The van der Waals surface area contributed by atoms with E-state index in [-0.39, 0.29) is 12.6 Å². The number of nitrogens with zero attached hydrogens (tertiary/aromatic N) is 1. The molecule has 0 aromatic heterocycles. The number of methoxy groups -OCH3 is 2. The first-order valence-electron chi connectivity index (χ1n) is 11.0. The minimum absolute atomic E-state index is 0.246. The SMILES string of the molecule is CCOC(=O)C1=C(CN2CCc3ccc(OC)cc3C2)NC(=O)NC1c1ccc(OC)cc1. The number of rotatable bonds is 7. The molecule has 174 valence electrons. The zero-order valence-electron chi connectivity index (χ0n) is 19.1. The van der Waals surface area contributed by atoms with Gasteiger partial charge in [0, 0.05) is 25.3 Å². The van der Waals surface area contributed by atoms with Crippen molar-refractivity contribution in [2.75, 3.05) is 33.9 Å². The molecule has 2 aromatic carbocycles. The van der Waals surface area contributed by atoms with Crippen molar-refractivity contribution in [2.24, 2.45) is 0 Å². The van der Waals surface area contributed by atoms with Gasteiger partial charge in [0.1, 0.15) is 11.5 Å². The van der Waals surface area contributed by atoms with Crippen LogP contribution in [0.15, 0.2) is 53.7 Å². The Morgan fingerprint density at radius 2 is 1.79 bits per heavy atom. The van der Waals surface area contributed by atoms with Gasteiger partial charge in [-0.05, 0) is 54.3 Å². The van der Waals surface area contributed by atoms with Crippen molar-refractivity contribution in [1.82, 2.24) is 15.5 Å². The lowest BCUT2D eigenvalue weighted by Crippen LogP contribution is -2.49. The molecule has 4 rings (SSSR count). The second-order valence-electron chi connectivity index (χ2n) is 8.01. The highest BCUT2D eigenvalue weighted by molar-refractivity contribution is 5.95. The van der Waals surface area contributed by atoms with Gasteiger partial charge in [-0.1, -0.05) is 18.2 Å². The Bertz CT molecular complexity index is 1060. The molecule has 8 nitrogen and oxygen atoms in total. The number of hydrogen-bond donors (Lipinski definition) is 2. The molecule has 1 unspecified atom stereocenters. The van der Waals surface area contributed by atoms with Crippen molar-refractivity contribution in [3.63, 3.8) is 0 Å². The lowest BCUT2D eigenvalue weighted by molar-refractivity contribution is -0.139. The monoisotopic (exact) mass is 451 g/mol. The Labute approximate surface area is 193 Å². The molecule has 2 aromatic rings. The predicted octanol–water partition coefficient (Wildman–Crippen LogP) is 2.93. The molecule has 0 saturated carbocycles. The van der Waals surface area contributed by atoms with Crippen molar-refractivity contribution < 1.29 is 23.8 Å². The van der Waals surface area contributed by atoms with Crippen LogP contribution in [0.2, 0.25) is 0 Å². The summed E-state index contributed by atoms with van der Waals surface area (Å²) in [5.41, 5.74) is 4.23. The molecule has 2 aliphatic heterocycles. The minimum atomic E-state index is -0.615. The number of fused-ring (bicyclic) bond motifs is 1. The summed E-state index contributed by atoms with van der Waals surface area (Å²) in [5.74, 6) is 1.07. The van der Waals surface area contributed by atoms with Crippen molar-refractivity contribution in [3.8, 4) is 11.5 Å². The van der Waals surface area contributed by atoms with Crippen LogP contribution in [0.3, 0.4) is 0 Å². The van der Waals surface area contributed by atoms with E-state index in [4.69, 9.17) is 14.2 Å². The van der Waals surface area contributed by atoms with Crippen molar-refractivity contribution >= 4 is 12.0 Å². The maximum atomic E-state index is 13.0. The summed E-state index contributed by atoms with van der Waals surface area (Å²) < 4.78 is 16.0. The number of carbonyl (C=O) groups excluding carboxylic acids is 2. The van der Waals surface area contributed by atoms with E-state index in [9.17, 15) is 9.59 Å². The van der Waals surface area contributed by atoms with Gasteiger partial charge in [0.2, 0.25) is 0 Å². The van der Waals surface area contributed by atoms with Gasteiger partial charge < -0.3 is 24.8 Å². The van der Waals surface area contributed by atoms with Gasteiger partial charge in [0.15, 0.2) is 0 Å². The maximum Gasteiger partial charge on any atom is 0.338 e. The number of nitrogens with one attached hydrogen (secondary N) is 2. The summed E-state index contributed by atoms with van der Waals surface area (Å²) in [4.78, 5) is 27.8. The quantitative estimate of drug-likeness (QED) is 0.630. The summed E-state index contributed by atoms with van der Waals surface area (Å²) in [6.45, 7) is 3.95. The Balaban J connectivity index is 1.66. The fourth-order valence-corrected chi connectivity index (χ4v) is 4.32. The molecule has 0 bridgehead atoms. The van der Waals surface area contributed by atoms with Crippen molar-refractivity contribution in [3.05, 3.63) is 70.4 Å². The molecule has 2 amide bonds. The summed E-state index contributed by atoms with van der Waals surface area (Å²) in [6, 6.07) is 12.5. The lowest BCUT2D eigenvalue weighted by atomic mass is 9.94. The Morgan fingerprint density at radius 3 is 2.48 bits per heavy atom. The Hall–Kier alpha value is -3.52. The highest BCUT2D eigenvalue weighted by atomic mass is 16.5. The third kappa shape index (κ3) is 4.96. The van der Waals surface area contributed by atoms with E-state index >= 15 is 0 Å². The first-order chi connectivity index (χ1) is 16.0. The third-order valence-corrected chi connectivity index (χ3v) is 5.98. The van der Waals surface area contributed by atoms with E-state index in [1.165, 1.54) is 11.1 Å². The van der Waals surface area contributed by atoms with Crippen LogP contribution < -0.4 is 20.1 Å². The van der Waals surface area contributed by atoms with Crippen LogP contribution in [-0.4, -0.2) is 50.8 Å². The second-order valence-corrected chi connectivity index (χ2v) is 8.01. The van der Waals surface area contributed by atoms with E-state index in [0.29, 0.717) is 30.1 Å². The fourth-order valence-electron chi connectivity index (χ4n) is 4.32. The van der Waals surface area contributed by atoms with E-state index in [1.807, 2.05) is 24.3 Å². The van der Waals surface area contributed by atoms with Crippen LogP contribution in [0.25, 0.3) is 0 Å².